The van der Waals surface area contributed by atoms with Gasteiger partial charge in [0.2, 0.25) is 5.91 Å². The first kappa shape index (κ1) is 17.9. The number of hydrogen-bond acceptors (Lipinski definition) is 3. The van der Waals surface area contributed by atoms with E-state index in [-0.39, 0.29) is 11.5 Å². The summed E-state index contributed by atoms with van der Waals surface area (Å²) in [7, 11) is 0. The molecule has 1 spiro atoms. The number of carbonyl (C=O) groups is 1. The minimum Gasteiger partial charge on any atom is -0.364 e. The Morgan fingerprint density at radius 3 is 2.69 bits per heavy atom. The lowest BCUT2D eigenvalue weighted by Crippen LogP contribution is -2.43. The number of amides is 1. The second-order valence-electron chi connectivity index (χ2n) is 7.48. The maximum Gasteiger partial charge on any atom is 0.238 e. The monoisotopic (exact) mass is 387 g/mol. The molecule has 0 N–H and O–H groups in total. The Hall–Kier alpha value is -1.49. The largest absolute Gasteiger partial charge is 0.364 e. The Labute approximate surface area is 163 Å². The van der Waals surface area contributed by atoms with Crippen molar-refractivity contribution in [1.82, 2.24) is 4.90 Å². The SMILES string of the molecule is CC(C)(Sc1ccc(Cl)cc1)C(=O)N1CCC2(C1)OCc1ccccc12. The summed E-state index contributed by atoms with van der Waals surface area (Å²) in [5, 5.41) is 0.706. The fourth-order valence-electron chi connectivity index (χ4n) is 3.90. The summed E-state index contributed by atoms with van der Waals surface area (Å²) in [6, 6.07) is 16.0. The number of rotatable bonds is 3. The smallest absolute Gasteiger partial charge is 0.238 e. The Kier molecular flexibility index (Phi) is 4.54. The van der Waals surface area contributed by atoms with Crippen molar-refractivity contribution in [3.05, 3.63) is 64.7 Å². The molecule has 0 aromatic heterocycles. The predicted octanol–water partition coefficient (Wildman–Crippen LogP) is 4.87. The maximum atomic E-state index is 13.2. The molecule has 1 unspecified atom stereocenters. The van der Waals surface area contributed by atoms with Crippen LogP contribution < -0.4 is 0 Å². The van der Waals surface area contributed by atoms with Crippen LogP contribution in [0.2, 0.25) is 5.02 Å². The van der Waals surface area contributed by atoms with E-state index in [2.05, 4.69) is 18.2 Å². The second kappa shape index (κ2) is 6.59. The highest BCUT2D eigenvalue weighted by Crippen LogP contribution is 2.44. The van der Waals surface area contributed by atoms with Crippen molar-refractivity contribution >= 4 is 29.3 Å². The molecule has 5 heteroatoms. The molecule has 0 bridgehead atoms. The molecule has 1 saturated heterocycles. The molecule has 0 radical (unpaired) electrons. The van der Waals surface area contributed by atoms with Crippen molar-refractivity contribution < 1.29 is 9.53 Å². The van der Waals surface area contributed by atoms with Gasteiger partial charge in [0.1, 0.15) is 5.60 Å². The van der Waals surface area contributed by atoms with Crippen LogP contribution in [-0.2, 0) is 21.7 Å². The van der Waals surface area contributed by atoms with Crippen molar-refractivity contribution in [2.24, 2.45) is 0 Å². The summed E-state index contributed by atoms with van der Waals surface area (Å²) in [5.74, 6) is 0.155. The van der Waals surface area contributed by atoms with E-state index in [1.165, 1.54) is 11.1 Å². The zero-order chi connectivity index (χ0) is 18.4. The fraction of sp³-hybridized carbons (Fsp3) is 0.381. The third-order valence-electron chi connectivity index (χ3n) is 5.23. The van der Waals surface area contributed by atoms with Gasteiger partial charge in [-0.25, -0.2) is 0 Å². The first-order valence-corrected chi connectivity index (χ1v) is 10.1. The zero-order valence-electron chi connectivity index (χ0n) is 15.0. The second-order valence-corrected chi connectivity index (χ2v) is 9.62. The Balaban J connectivity index is 1.50. The van der Waals surface area contributed by atoms with E-state index in [9.17, 15) is 4.79 Å². The van der Waals surface area contributed by atoms with Gasteiger partial charge in [0.15, 0.2) is 0 Å². The van der Waals surface area contributed by atoms with Crippen LogP contribution in [0.3, 0.4) is 0 Å². The topological polar surface area (TPSA) is 29.5 Å². The van der Waals surface area contributed by atoms with Gasteiger partial charge in [-0.2, -0.15) is 0 Å². The van der Waals surface area contributed by atoms with E-state index in [1.54, 1.807) is 11.8 Å². The molecular formula is C21H22ClNO2S. The van der Waals surface area contributed by atoms with Crippen molar-refractivity contribution in [3.8, 4) is 0 Å². The Bertz CT molecular complexity index is 836. The van der Waals surface area contributed by atoms with E-state index in [0.29, 0.717) is 18.2 Å². The normalized spacial score (nSPS) is 22.0. The Morgan fingerprint density at radius 2 is 1.92 bits per heavy atom. The van der Waals surface area contributed by atoms with Gasteiger partial charge in [-0.05, 0) is 55.7 Å². The number of fused-ring (bicyclic) bond motifs is 2. The van der Waals surface area contributed by atoms with E-state index < -0.39 is 4.75 Å². The summed E-state index contributed by atoms with van der Waals surface area (Å²) in [5.41, 5.74) is 2.17. The van der Waals surface area contributed by atoms with Gasteiger partial charge in [0.25, 0.3) is 0 Å². The van der Waals surface area contributed by atoms with E-state index in [1.807, 2.05) is 49.1 Å². The summed E-state index contributed by atoms with van der Waals surface area (Å²) in [6.07, 6.45) is 0.859. The summed E-state index contributed by atoms with van der Waals surface area (Å²) < 4.78 is 5.64. The van der Waals surface area contributed by atoms with Gasteiger partial charge in [0.05, 0.1) is 17.9 Å². The lowest BCUT2D eigenvalue weighted by Gasteiger charge is -2.30. The number of halogens is 1. The number of thioether (sulfide) groups is 1. The fourth-order valence-corrected chi connectivity index (χ4v) is 5.10. The predicted molar refractivity (Wildman–Crippen MR) is 105 cm³/mol. The molecule has 1 atom stereocenters. The third kappa shape index (κ3) is 3.15. The molecular weight excluding hydrogens is 366 g/mol. The van der Waals surface area contributed by atoms with Crippen LogP contribution in [0.5, 0.6) is 0 Å². The van der Waals surface area contributed by atoms with Crippen molar-refractivity contribution in [2.75, 3.05) is 13.1 Å². The quantitative estimate of drug-likeness (QED) is 0.704. The van der Waals surface area contributed by atoms with E-state index >= 15 is 0 Å². The minimum absolute atomic E-state index is 0.155. The third-order valence-corrected chi connectivity index (χ3v) is 6.68. The first-order chi connectivity index (χ1) is 12.4. The first-order valence-electron chi connectivity index (χ1n) is 8.86. The molecule has 2 aliphatic heterocycles. The molecule has 0 saturated carbocycles. The zero-order valence-corrected chi connectivity index (χ0v) is 16.6. The number of hydrogen-bond donors (Lipinski definition) is 0. The van der Waals surface area contributed by atoms with Crippen LogP contribution in [0.4, 0.5) is 0 Å². The van der Waals surface area contributed by atoms with Crippen LogP contribution in [-0.4, -0.2) is 28.6 Å². The lowest BCUT2D eigenvalue weighted by molar-refractivity contribution is -0.133. The van der Waals surface area contributed by atoms with Gasteiger partial charge < -0.3 is 9.64 Å². The van der Waals surface area contributed by atoms with Crippen molar-refractivity contribution in [1.29, 1.82) is 0 Å². The van der Waals surface area contributed by atoms with Crippen molar-refractivity contribution in [3.63, 3.8) is 0 Å². The van der Waals surface area contributed by atoms with Gasteiger partial charge >= 0.3 is 0 Å². The Morgan fingerprint density at radius 1 is 1.19 bits per heavy atom. The molecule has 26 heavy (non-hydrogen) atoms. The van der Waals surface area contributed by atoms with Crippen LogP contribution >= 0.6 is 23.4 Å². The average Bonchev–Trinajstić information content (AvgIpc) is 3.22. The molecule has 2 heterocycles. The summed E-state index contributed by atoms with van der Waals surface area (Å²) >= 11 is 7.54. The number of ether oxygens (including phenoxy) is 1. The number of nitrogens with zero attached hydrogens (tertiary/aromatic N) is 1. The molecule has 2 aromatic carbocycles. The molecule has 3 nitrogen and oxygen atoms in total. The van der Waals surface area contributed by atoms with Gasteiger partial charge in [-0.15, -0.1) is 11.8 Å². The van der Waals surface area contributed by atoms with E-state index in [4.69, 9.17) is 16.3 Å². The van der Waals surface area contributed by atoms with Gasteiger partial charge in [0, 0.05) is 16.5 Å². The van der Waals surface area contributed by atoms with Crippen LogP contribution in [0.25, 0.3) is 0 Å². The van der Waals surface area contributed by atoms with Crippen molar-refractivity contribution in [2.45, 2.75) is 42.1 Å². The average molecular weight is 388 g/mol. The molecule has 1 amide bonds. The highest BCUT2D eigenvalue weighted by molar-refractivity contribution is 8.01. The molecule has 2 aliphatic rings. The molecule has 1 fully saturated rings. The highest BCUT2D eigenvalue weighted by atomic mass is 35.5. The van der Waals surface area contributed by atoms with Crippen LogP contribution in [0, 0.1) is 0 Å². The van der Waals surface area contributed by atoms with E-state index in [0.717, 1.165) is 17.9 Å². The van der Waals surface area contributed by atoms with Crippen LogP contribution in [0.1, 0.15) is 31.4 Å². The number of likely N-dealkylation sites (tertiary alicyclic amines) is 1. The number of carbonyl (C=O) groups excluding carboxylic acids is 1. The molecule has 2 aromatic rings. The highest BCUT2D eigenvalue weighted by Gasteiger charge is 2.48. The standard InChI is InChI=1S/C21H22ClNO2S/c1-20(2,26-17-9-7-16(22)8-10-17)19(24)23-12-11-21(14-23)18-6-4-3-5-15(18)13-25-21/h3-10H,11-14H2,1-2H3. The minimum atomic E-state index is -0.544. The number of benzene rings is 2. The summed E-state index contributed by atoms with van der Waals surface area (Å²) in [4.78, 5) is 16.2. The van der Waals surface area contributed by atoms with Crippen LogP contribution in [0.15, 0.2) is 53.4 Å². The molecule has 0 aliphatic carbocycles. The molecule has 4 rings (SSSR count). The van der Waals surface area contributed by atoms with Gasteiger partial charge in [-0.1, -0.05) is 35.9 Å². The maximum absolute atomic E-state index is 13.2. The lowest BCUT2D eigenvalue weighted by atomic mass is 9.92. The summed E-state index contributed by atoms with van der Waals surface area (Å²) in [6.45, 7) is 5.98. The molecule has 136 valence electrons. The van der Waals surface area contributed by atoms with Gasteiger partial charge in [-0.3, -0.25) is 4.79 Å².